The molecule has 0 aliphatic heterocycles. The molecule has 2 rings (SSSR count). The molecule has 0 spiro atoms. The van der Waals surface area contributed by atoms with E-state index in [2.05, 4.69) is 34.3 Å². The van der Waals surface area contributed by atoms with Gasteiger partial charge in [0.05, 0.1) is 0 Å². The summed E-state index contributed by atoms with van der Waals surface area (Å²) in [4.78, 5) is 11.2. The molecule has 2 aromatic rings. The monoisotopic (exact) mass is 264 g/mol. The standard InChI is InChI=1S/C14H17ClN2O/c15-8-6-14(18)16-9-3-10-17-11-7-12-4-1-2-5-13(12)17/h1-2,4-5,7,11H,3,6,8-10H2,(H,16,18). The van der Waals surface area contributed by atoms with Crippen molar-refractivity contribution in [1.29, 1.82) is 0 Å². The summed E-state index contributed by atoms with van der Waals surface area (Å²) < 4.78 is 2.21. The zero-order valence-electron chi connectivity index (χ0n) is 10.2. The molecule has 0 unspecified atom stereocenters. The summed E-state index contributed by atoms with van der Waals surface area (Å²) >= 11 is 5.49. The number of hydrogen-bond donors (Lipinski definition) is 1. The van der Waals surface area contributed by atoms with E-state index in [4.69, 9.17) is 11.6 Å². The van der Waals surface area contributed by atoms with Crippen LogP contribution >= 0.6 is 11.6 Å². The predicted octanol–water partition coefficient (Wildman–Crippen LogP) is 2.78. The van der Waals surface area contributed by atoms with Crippen molar-refractivity contribution in [1.82, 2.24) is 9.88 Å². The summed E-state index contributed by atoms with van der Waals surface area (Å²) in [5.74, 6) is 0.413. The predicted molar refractivity (Wildman–Crippen MR) is 74.9 cm³/mol. The van der Waals surface area contributed by atoms with Crippen molar-refractivity contribution in [2.45, 2.75) is 19.4 Å². The van der Waals surface area contributed by atoms with Gasteiger partial charge < -0.3 is 9.88 Å². The highest BCUT2D eigenvalue weighted by Gasteiger charge is 2.01. The molecular weight excluding hydrogens is 248 g/mol. The van der Waals surface area contributed by atoms with Gasteiger partial charge in [0, 0.05) is 37.1 Å². The second kappa shape index (κ2) is 6.45. The summed E-state index contributed by atoms with van der Waals surface area (Å²) in [6, 6.07) is 10.4. The van der Waals surface area contributed by atoms with E-state index in [0.717, 1.165) is 13.0 Å². The smallest absolute Gasteiger partial charge is 0.221 e. The van der Waals surface area contributed by atoms with Gasteiger partial charge in [-0.2, -0.15) is 0 Å². The zero-order chi connectivity index (χ0) is 12.8. The van der Waals surface area contributed by atoms with Crippen LogP contribution in [0.25, 0.3) is 10.9 Å². The summed E-state index contributed by atoms with van der Waals surface area (Å²) in [7, 11) is 0. The molecule has 1 heterocycles. The SMILES string of the molecule is O=C(CCCl)NCCCn1ccc2ccccc21. The van der Waals surface area contributed by atoms with Gasteiger partial charge >= 0.3 is 0 Å². The van der Waals surface area contributed by atoms with Crippen LogP contribution < -0.4 is 5.32 Å². The normalized spacial score (nSPS) is 10.7. The first kappa shape index (κ1) is 13.0. The first-order valence-corrected chi connectivity index (χ1v) is 6.71. The Bertz CT molecular complexity index is 521. The van der Waals surface area contributed by atoms with Gasteiger partial charge in [0.25, 0.3) is 0 Å². The van der Waals surface area contributed by atoms with Crippen molar-refractivity contribution in [3.63, 3.8) is 0 Å². The van der Waals surface area contributed by atoms with Crippen LogP contribution in [-0.4, -0.2) is 22.9 Å². The molecule has 3 nitrogen and oxygen atoms in total. The van der Waals surface area contributed by atoms with E-state index in [0.29, 0.717) is 18.8 Å². The van der Waals surface area contributed by atoms with E-state index in [1.165, 1.54) is 10.9 Å². The highest BCUT2D eigenvalue weighted by molar-refractivity contribution is 6.18. The van der Waals surface area contributed by atoms with Gasteiger partial charge in [-0.15, -0.1) is 11.6 Å². The number of aryl methyl sites for hydroxylation is 1. The molecule has 0 saturated heterocycles. The van der Waals surface area contributed by atoms with Gasteiger partial charge in [0.15, 0.2) is 0 Å². The summed E-state index contributed by atoms with van der Waals surface area (Å²) in [5.41, 5.74) is 1.24. The minimum atomic E-state index is 0.0300. The minimum absolute atomic E-state index is 0.0300. The quantitative estimate of drug-likeness (QED) is 0.632. The van der Waals surface area contributed by atoms with Gasteiger partial charge in [0.2, 0.25) is 5.91 Å². The molecule has 1 N–H and O–H groups in total. The molecule has 0 fully saturated rings. The Hall–Kier alpha value is -1.48. The third kappa shape index (κ3) is 3.26. The highest BCUT2D eigenvalue weighted by atomic mass is 35.5. The number of aromatic nitrogens is 1. The van der Waals surface area contributed by atoms with Crippen LogP contribution in [0.1, 0.15) is 12.8 Å². The van der Waals surface area contributed by atoms with Crippen molar-refractivity contribution >= 4 is 28.4 Å². The summed E-state index contributed by atoms with van der Waals surface area (Å²) in [5, 5.41) is 4.11. The Kier molecular flexibility index (Phi) is 4.65. The molecule has 18 heavy (non-hydrogen) atoms. The van der Waals surface area contributed by atoms with Crippen LogP contribution in [0.2, 0.25) is 0 Å². The zero-order valence-corrected chi connectivity index (χ0v) is 11.0. The lowest BCUT2D eigenvalue weighted by Gasteiger charge is -2.06. The number of nitrogens with zero attached hydrogens (tertiary/aromatic N) is 1. The van der Waals surface area contributed by atoms with Gasteiger partial charge in [-0.05, 0) is 23.9 Å². The molecule has 1 aromatic carbocycles. The maximum absolute atomic E-state index is 11.2. The number of benzene rings is 1. The van der Waals surface area contributed by atoms with E-state index in [-0.39, 0.29) is 5.91 Å². The van der Waals surface area contributed by atoms with Gasteiger partial charge in [-0.25, -0.2) is 0 Å². The van der Waals surface area contributed by atoms with E-state index in [9.17, 15) is 4.79 Å². The Morgan fingerprint density at radius 2 is 2.11 bits per heavy atom. The van der Waals surface area contributed by atoms with E-state index in [1.54, 1.807) is 0 Å². The molecule has 4 heteroatoms. The van der Waals surface area contributed by atoms with Crippen LogP contribution in [0.3, 0.4) is 0 Å². The van der Waals surface area contributed by atoms with Crippen LogP contribution in [-0.2, 0) is 11.3 Å². The van der Waals surface area contributed by atoms with Crippen LogP contribution in [0, 0.1) is 0 Å². The molecular formula is C14H17ClN2O. The van der Waals surface area contributed by atoms with Crippen LogP contribution in [0.5, 0.6) is 0 Å². The number of carbonyl (C=O) groups is 1. The molecule has 0 aliphatic rings. The van der Waals surface area contributed by atoms with Gasteiger partial charge in [-0.1, -0.05) is 18.2 Å². The number of alkyl halides is 1. The highest BCUT2D eigenvalue weighted by Crippen LogP contribution is 2.15. The van der Waals surface area contributed by atoms with E-state index < -0.39 is 0 Å². The number of hydrogen-bond acceptors (Lipinski definition) is 1. The maximum Gasteiger partial charge on any atom is 0.221 e. The average Bonchev–Trinajstić information content (AvgIpc) is 2.78. The third-order valence-corrected chi connectivity index (χ3v) is 3.09. The number of halogens is 1. The molecule has 0 bridgehead atoms. The Balaban J connectivity index is 1.82. The fourth-order valence-corrected chi connectivity index (χ4v) is 2.16. The molecule has 1 amide bonds. The van der Waals surface area contributed by atoms with Crippen molar-refractivity contribution in [2.24, 2.45) is 0 Å². The Morgan fingerprint density at radius 3 is 2.94 bits per heavy atom. The van der Waals surface area contributed by atoms with Crippen LogP contribution in [0.4, 0.5) is 0 Å². The van der Waals surface area contributed by atoms with Crippen molar-refractivity contribution < 1.29 is 4.79 Å². The first-order valence-electron chi connectivity index (χ1n) is 6.18. The minimum Gasteiger partial charge on any atom is -0.356 e. The number of fused-ring (bicyclic) bond motifs is 1. The molecule has 0 radical (unpaired) electrons. The number of nitrogens with one attached hydrogen (secondary N) is 1. The number of para-hydroxylation sites is 1. The largest absolute Gasteiger partial charge is 0.356 e. The number of carbonyl (C=O) groups excluding carboxylic acids is 1. The Labute approximate surface area is 112 Å². The second-order valence-corrected chi connectivity index (χ2v) is 4.59. The summed E-state index contributed by atoms with van der Waals surface area (Å²) in [6.07, 6.45) is 3.41. The topological polar surface area (TPSA) is 34.0 Å². The van der Waals surface area contributed by atoms with Gasteiger partial charge in [0.1, 0.15) is 0 Å². The van der Waals surface area contributed by atoms with Crippen molar-refractivity contribution in [2.75, 3.05) is 12.4 Å². The Morgan fingerprint density at radius 1 is 1.28 bits per heavy atom. The molecule has 96 valence electrons. The van der Waals surface area contributed by atoms with E-state index in [1.807, 2.05) is 12.1 Å². The molecule has 0 aliphatic carbocycles. The lowest BCUT2D eigenvalue weighted by molar-refractivity contribution is -0.120. The lowest BCUT2D eigenvalue weighted by Crippen LogP contribution is -2.25. The van der Waals surface area contributed by atoms with E-state index >= 15 is 0 Å². The number of rotatable bonds is 6. The molecule has 1 aromatic heterocycles. The fraction of sp³-hybridized carbons (Fsp3) is 0.357. The van der Waals surface area contributed by atoms with Crippen molar-refractivity contribution in [3.05, 3.63) is 36.5 Å². The fourth-order valence-electron chi connectivity index (χ4n) is 1.99. The first-order chi connectivity index (χ1) is 8.81. The summed E-state index contributed by atoms with van der Waals surface area (Å²) in [6.45, 7) is 1.61. The third-order valence-electron chi connectivity index (χ3n) is 2.90. The molecule has 0 atom stereocenters. The number of amides is 1. The maximum atomic E-state index is 11.2. The average molecular weight is 265 g/mol. The second-order valence-electron chi connectivity index (χ2n) is 4.21. The van der Waals surface area contributed by atoms with Gasteiger partial charge in [-0.3, -0.25) is 4.79 Å². The van der Waals surface area contributed by atoms with Crippen molar-refractivity contribution in [3.8, 4) is 0 Å². The molecule has 0 saturated carbocycles. The lowest BCUT2D eigenvalue weighted by atomic mass is 10.2. The van der Waals surface area contributed by atoms with Crippen LogP contribution in [0.15, 0.2) is 36.5 Å².